The maximum Gasteiger partial charge on any atom is 0.272 e. The summed E-state index contributed by atoms with van der Waals surface area (Å²) in [4.78, 5) is 24.2. The SMILES string of the molecule is Cc1ccc(CNC(=O)c2n[nH]c(=O)c3ccccc23)c(C)c1. The van der Waals surface area contributed by atoms with E-state index in [1.807, 2.05) is 26.0 Å². The van der Waals surface area contributed by atoms with Gasteiger partial charge < -0.3 is 5.32 Å². The van der Waals surface area contributed by atoms with E-state index in [0.717, 1.165) is 11.1 Å². The number of aryl methyl sites for hydroxylation is 2. The molecule has 0 aliphatic carbocycles. The van der Waals surface area contributed by atoms with E-state index in [1.165, 1.54) is 5.56 Å². The van der Waals surface area contributed by atoms with Crippen LogP contribution in [0.15, 0.2) is 47.3 Å². The highest BCUT2D eigenvalue weighted by molar-refractivity contribution is 6.04. The Morgan fingerprint density at radius 2 is 1.87 bits per heavy atom. The Morgan fingerprint density at radius 1 is 1.13 bits per heavy atom. The number of rotatable bonds is 3. The van der Waals surface area contributed by atoms with Crippen molar-refractivity contribution in [3.05, 3.63) is 75.2 Å². The van der Waals surface area contributed by atoms with Crippen molar-refractivity contribution >= 4 is 16.7 Å². The number of nitrogens with one attached hydrogen (secondary N) is 2. The van der Waals surface area contributed by atoms with Gasteiger partial charge in [0.05, 0.1) is 5.39 Å². The number of fused-ring (bicyclic) bond motifs is 1. The van der Waals surface area contributed by atoms with Crippen LogP contribution in [0.1, 0.15) is 27.2 Å². The van der Waals surface area contributed by atoms with Crippen LogP contribution >= 0.6 is 0 Å². The van der Waals surface area contributed by atoms with Gasteiger partial charge in [0.1, 0.15) is 0 Å². The van der Waals surface area contributed by atoms with Gasteiger partial charge in [-0.15, -0.1) is 0 Å². The Balaban J connectivity index is 1.87. The second kappa shape index (κ2) is 6.04. The van der Waals surface area contributed by atoms with Crippen LogP contribution in [0.5, 0.6) is 0 Å². The highest BCUT2D eigenvalue weighted by atomic mass is 16.2. The van der Waals surface area contributed by atoms with Crippen molar-refractivity contribution in [2.24, 2.45) is 0 Å². The lowest BCUT2D eigenvalue weighted by atomic mass is 10.1. The number of nitrogens with zero attached hydrogens (tertiary/aromatic N) is 1. The normalized spacial score (nSPS) is 10.7. The minimum Gasteiger partial charge on any atom is -0.347 e. The number of aromatic amines is 1. The molecule has 2 N–H and O–H groups in total. The first-order valence-electron chi connectivity index (χ1n) is 7.38. The zero-order valence-corrected chi connectivity index (χ0v) is 13.0. The largest absolute Gasteiger partial charge is 0.347 e. The van der Waals surface area contributed by atoms with E-state index in [9.17, 15) is 9.59 Å². The third-order valence-corrected chi connectivity index (χ3v) is 3.85. The van der Waals surface area contributed by atoms with Crippen molar-refractivity contribution in [3.63, 3.8) is 0 Å². The van der Waals surface area contributed by atoms with Gasteiger partial charge in [-0.1, -0.05) is 42.0 Å². The predicted octanol–water partition coefficient (Wildman–Crippen LogP) is 2.47. The number of hydrogen-bond acceptors (Lipinski definition) is 3. The fourth-order valence-electron chi connectivity index (χ4n) is 2.59. The summed E-state index contributed by atoms with van der Waals surface area (Å²) in [5, 5.41) is 10.2. The molecule has 116 valence electrons. The van der Waals surface area contributed by atoms with Gasteiger partial charge in [0, 0.05) is 11.9 Å². The zero-order valence-electron chi connectivity index (χ0n) is 13.0. The molecule has 0 bridgehead atoms. The summed E-state index contributed by atoms with van der Waals surface area (Å²) in [6, 6.07) is 13.0. The van der Waals surface area contributed by atoms with Crippen molar-refractivity contribution in [1.82, 2.24) is 15.5 Å². The first-order valence-corrected chi connectivity index (χ1v) is 7.38. The monoisotopic (exact) mass is 307 g/mol. The Labute approximate surface area is 133 Å². The maximum atomic E-state index is 12.4. The quantitative estimate of drug-likeness (QED) is 0.780. The molecule has 1 amide bonds. The Morgan fingerprint density at radius 3 is 2.61 bits per heavy atom. The average Bonchev–Trinajstić information content (AvgIpc) is 2.54. The maximum absolute atomic E-state index is 12.4. The number of carbonyl (C=O) groups excluding carboxylic acids is 1. The molecule has 0 unspecified atom stereocenters. The molecule has 0 spiro atoms. The zero-order chi connectivity index (χ0) is 16.4. The summed E-state index contributed by atoms with van der Waals surface area (Å²) < 4.78 is 0. The van der Waals surface area contributed by atoms with E-state index in [0.29, 0.717) is 17.3 Å². The van der Waals surface area contributed by atoms with Crippen LogP contribution in [0, 0.1) is 13.8 Å². The molecule has 0 radical (unpaired) electrons. The fourth-order valence-corrected chi connectivity index (χ4v) is 2.59. The van der Waals surface area contributed by atoms with E-state index < -0.39 is 0 Å². The molecule has 0 fully saturated rings. The van der Waals surface area contributed by atoms with Gasteiger partial charge in [-0.3, -0.25) is 9.59 Å². The lowest BCUT2D eigenvalue weighted by Crippen LogP contribution is -2.26. The summed E-state index contributed by atoms with van der Waals surface area (Å²) >= 11 is 0. The van der Waals surface area contributed by atoms with Gasteiger partial charge in [-0.25, -0.2) is 5.10 Å². The fraction of sp³-hybridized carbons (Fsp3) is 0.167. The van der Waals surface area contributed by atoms with Gasteiger partial charge in [-0.2, -0.15) is 5.10 Å². The molecule has 0 saturated heterocycles. The van der Waals surface area contributed by atoms with Crippen LogP contribution in [0.4, 0.5) is 0 Å². The smallest absolute Gasteiger partial charge is 0.272 e. The number of carbonyl (C=O) groups is 1. The molecule has 1 heterocycles. The molecule has 5 heteroatoms. The Kier molecular flexibility index (Phi) is 3.93. The average molecular weight is 307 g/mol. The van der Waals surface area contributed by atoms with Crippen LogP contribution < -0.4 is 10.9 Å². The second-order valence-corrected chi connectivity index (χ2v) is 5.56. The molecule has 1 aromatic heterocycles. The standard InChI is InChI=1S/C18H17N3O2/c1-11-7-8-13(12(2)9-11)10-19-18(23)16-14-5-3-4-6-15(14)17(22)21-20-16/h3-9H,10H2,1-2H3,(H,19,23)(H,21,22). The molecule has 0 aliphatic rings. The minimum absolute atomic E-state index is 0.227. The minimum atomic E-state index is -0.308. The number of aromatic nitrogens is 2. The summed E-state index contributed by atoms with van der Waals surface area (Å²) in [6.45, 7) is 4.47. The van der Waals surface area contributed by atoms with Crippen LogP contribution in [0.3, 0.4) is 0 Å². The highest BCUT2D eigenvalue weighted by Gasteiger charge is 2.13. The Bertz CT molecular complexity index is 944. The predicted molar refractivity (Wildman–Crippen MR) is 89.4 cm³/mol. The third kappa shape index (κ3) is 2.99. The summed E-state index contributed by atoms with van der Waals surface area (Å²) in [6.07, 6.45) is 0. The van der Waals surface area contributed by atoms with E-state index in [4.69, 9.17) is 0 Å². The molecule has 2 aromatic carbocycles. The van der Waals surface area contributed by atoms with Crippen LogP contribution in [0.2, 0.25) is 0 Å². The summed E-state index contributed by atoms with van der Waals surface area (Å²) in [5.74, 6) is -0.308. The van der Waals surface area contributed by atoms with Crippen LogP contribution in [-0.4, -0.2) is 16.1 Å². The van der Waals surface area contributed by atoms with Crippen LogP contribution in [0.25, 0.3) is 10.8 Å². The molecule has 0 aliphatic heterocycles. The Hall–Kier alpha value is -2.95. The molecule has 3 rings (SSSR count). The van der Waals surface area contributed by atoms with Crippen molar-refractivity contribution in [2.75, 3.05) is 0 Å². The molecule has 0 saturated carbocycles. The molecular formula is C18H17N3O2. The third-order valence-electron chi connectivity index (χ3n) is 3.85. The van der Waals surface area contributed by atoms with Gasteiger partial charge in [0.15, 0.2) is 5.69 Å². The highest BCUT2D eigenvalue weighted by Crippen LogP contribution is 2.13. The lowest BCUT2D eigenvalue weighted by Gasteiger charge is -2.09. The molecular weight excluding hydrogens is 290 g/mol. The van der Waals surface area contributed by atoms with Crippen LogP contribution in [-0.2, 0) is 6.54 Å². The van der Waals surface area contributed by atoms with Gasteiger partial charge >= 0.3 is 0 Å². The van der Waals surface area contributed by atoms with E-state index in [2.05, 4.69) is 21.6 Å². The first kappa shape index (κ1) is 15.0. The number of hydrogen-bond donors (Lipinski definition) is 2. The second-order valence-electron chi connectivity index (χ2n) is 5.56. The van der Waals surface area contributed by atoms with Gasteiger partial charge in [0.2, 0.25) is 0 Å². The van der Waals surface area contributed by atoms with Crippen molar-refractivity contribution in [2.45, 2.75) is 20.4 Å². The topological polar surface area (TPSA) is 74.8 Å². The summed E-state index contributed by atoms with van der Waals surface area (Å²) in [5.41, 5.74) is 3.30. The number of H-pyrrole nitrogens is 1. The first-order chi connectivity index (χ1) is 11.1. The van der Waals surface area contributed by atoms with Gasteiger partial charge in [0.25, 0.3) is 11.5 Å². The number of amides is 1. The molecule has 0 atom stereocenters. The van der Waals surface area contributed by atoms with E-state index >= 15 is 0 Å². The molecule has 23 heavy (non-hydrogen) atoms. The van der Waals surface area contributed by atoms with Crippen molar-refractivity contribution in [3.8, 4) is 0 Å². The van der Waals surface area contributed by atoms with E-state index in [1.54, 1.807) is 24.3 Å². The lowest BCUT2D eigenvalue weighted by molar-refractivity contribution is 0.0946. The van der Waals surface area contributed by atoms with Gasteiger partial charge in [-0.05, 0) is 31.0 Å². The molecule has 5 nitrogen and oxygen atoms in total. The number of benzene rings is 2. The molecule has 3 aromatic rings. The van der Waals surface area contributed by atoms with Crippen molar-refractivity contribution in [1.29, 1.82) is 0 Å². The summed E-state index contributed by atoms with van der Waals surface area (Å²) in [7, 11) is 0. The van der Waals surface area contributed by atoms with E-state index in [-0.39, 0.29) is 17.2 Å². The van der Waals surface area contributed by atoms with Crippen molar-refractivity contribution < 1.29 is 4.79 Å².